The Labute approximate surface area is 210 Å². The number of carboxylic acids is 1. The van der Waals surface area contributed by atoms with E-state index in [4.69, 9.17) is 14.6 Å². The molecule has 37 heavy (non-hydrogen) atoms. The average molecular weight is 531 g/mol. The minimum atomic E-state index is -5.08. The van der Waals surface area contributed by atoms with Gasteiger partial charge in [-0.15, -0.1) is 0 Å². The van der Waals surface area contributed by atoms with E-state index in [0.717, 1.165) is 4.90 Å². The number of methoxy groups -OCH3 is 1. The number of anilines is 1. The number of carbonyl (C=O) groups excluding carboxylic acids is 4. The Morgan fingerprint density at radius 2 is 1.73 bits per heavy atom. The number of amides is 4. The first kappa shape index (κ1) is 29.5. The van der Waals surface area contributed by atoms with Gasteiger partial charge in [-0.2, -0.15) is 13.2 Å². The number of likely N-dealkylation sites (N-methyl/N-ethyl adjacent to an activating group) is 1. The number of aliphatic carboxylic acids is 1. The molecule has 1 aromatic rings. The number of carbonyl (C=O) groups is 5. The summed E-state index contributed by atoms with van der Waals surface area (Å²) in [7, 11) is 2.69. The van der Waals surface area contributed by atoms with Gasteiger partial charge < -0.3 is 20.1 Å². The zero-order valence-corrected chi connectivity index (χ0v) is 20.7. The summed E-state index contributed by atoms with van der Waals surface area (Å²) >= 11 is 0. The molecular formula is C23H29F3N4O7. The lowest BCUT2D eigenvalue weighted by molar-refractivity contribution is -0.192. The van der Waals surface area contributed by atoms with Gasteiger partial charge in [0.05, 0.1) is 18.9 Å². The van der Waals surface area contributed by atoms with Crippen molar-refractivity contribution in [1.29, 1.82) is 0 Å². The smallest absolute Gasteiger partial charge is 0.475 e. The van der Waals surface area contributed by atoms with Gasteiger partial charge in [0.15, 0.2) is 0 Å². The minimum absolute atomic E-state index is 0.169. The maximum Gasteiger partial charge on any atom is 0.490 e. The highest BCUT2D eigenvalue weighted by Gasteiger charge is 2.67. The predicted molar refractivity (Wildman–Crippen MR) is 123 cm³/mol. The van der Waals surface area contributed by atoms with Crippen molar-refractivity contribution in [3.05, 3.63) is 30.3 Å². The number of ether oxygens (including phenoxy) is 1. The Kier molecular flexibility index (Phi) is 9.25. The lowest BCUT2D eigenvalue weighted by Crippen LogP contribution is -2.58. The summed E-state index contributed by atoms with van der Waals surface area (Å²) in [5.41, 5.74) is -0.640. The summed E-state index contributed by atoms with van der Waals surface area (Å²) in [5.74, 6) is -5.66. The van der Waals surface area contributed by atoms with Crippen molar-refractivity contribution in [2.24, 2.45) is 11.8 Å². The van der Waals surface area contributed by atoms with Crippen molar-refractivity contribution >= 4 is 35.5 Å². The van der Waals surface area contributed by atoms with Crippen LogP contribution in [-0.2, 0) is 23.9 Å². The van der Waals surface area contributed by atoms with Crippen molar-refractivity contribution < 1.29 is 47.0 Å². The van der Waals surface area contributed by atoms with Gasteiger partial charge >= 0.3 is 24.1 Å². The number of hydrogen-bond donors (Lipinski definition) is 3. The van der Waals surface area contributed by atoms with Crippen LogP contribution in [0.1, 0.15) is 20.3 Å². The van der Waals surface area contributed by atoms with Crippen LogP contribution in [0.5, 0.6) is 0 Å². The summed E-state index contributed by atoms with van der Waals surface area (Å²) in [6.45, 7) is 4.17. The molecule has 0 bridgehead atoms. The number of para-hydroxylation sites is 1. The third-order valence-electron chi connectivity index (χ3n) is 6.44. The second-order valence-corrected chi connectivity index (χ2v) is 8.44. The third kappa shape index (κ3) is 6.01. The maximum absolute atomic E-state index is 12.8. The van der Waals surface area contributed by atoms with Crippen LogP contribution in [-0.4, -0.2) is 89.7 Å². The SMILES string of the molecule is CCN(C[C@H]1N[C@@](CC)(C(=O)OC)[C@H]2C(=O)N(C)C(=O)[C@@H]12)C(=O)Nc1ccccc1.O=C(O)C(F)(F)F. The number of fused-ring (bicyclic) bond motifs is 1. The van der Waals surface area contributed by atoms with Crippen LogP contribution in [0.25, 0.3) is 0 Å². The second-order valence-electron chi connectivity index (χ2n) is 8.44. The first-order valence-corrected chi connectivity index (χ1v) is 11.3. The van der Waals surface area contributed by atoms with Crippen LogP contribution in [0.15, 0.2) is 30.3 Å². The summed E-state index contributed by atoms with van der Waals surface area (Å²) in [4.78, 5) is 62.7. The molecule has 0 radical (unpaired) electrons. The fraction of sp³-hybridized carbons (Fsp3) is 0.522. The topological polar surface area (TPSA) is 145 Å². The van der Waals surface area contributed by atoms with E-state index in [1.165, 1.54) is 14.2 Å². The number of urea groups is 1. The molecule has 204 valence electrons. The van der Waals surface area contributed by atoms with E-state index < -0.39 is 47.4 Å². The maximum atomic E-state index is 12.8. The molecule has 2 aliphatic rings. The molecule has 0 aliphatic carbocycles. The van der Waals surface area contributed by atoms with Crippen LogP contribution < -0.4 is 10.6 Å². The van der Waals surface area contributed by atoms with E-state index >= 15 is 0 Å². The minimum Gasteiger partial charge on any atom is -0.475 e. The van der Waals surface area contributed by atoms with Gasteiger partial charge in [-0.25, -0.2) is 9.59 Å². The van der Waals surface area contributed by atoms with Gasteiger partial charge in [0.1, 0.15) is 5.54 Å². The number of likely N-dealkylation sites (tertiary alicyclic amines) is 1. The molecule has 2 saturated heterocycles. The normalized spacial score (nSPS) is 24.6. The van der Waals surface area contributed by atoms with E-state index in [0.29, 0.717) is 12.2 Å². The number of nitrogens with one attached hydrogen (secondary N) is 2. The molecule has 3 rings (SSSR count). The first-order valence-electron chi connectivity index (χ1n) is 11.3. The number of imide groups is 1. The van der Waals surface area contributed by atoms with Gasteiger partial charge in [0, 0.05) is 31.9 Å². The molecular weight excluding hydrogens is 501 g/mol. The van der Waals surface area contributed by atoms with Crippen LogP contribution in [0.3, 0.4) is 0 Å². The number of nitrogens with zero attached hydrogens (tertiary/aromatic N) is 2. The molecule has 1 aromatic carbocycles. The Balaban J connectivity index is 0.000000604. The third-order valence-corrected chi connectivity index (χ3v) is 6.44. The summed E-state index contributed by atoms with van der Waals surface area (Å²) in [6, 6.07) is 8.17. The quantitative estimate of drug-likeness (QED) is 0.372. The summed E-state index contributed by atoms with van der Waals surface area (Å²) in [6.07, 6.45) is -4.80. The summed E-state index contributed by atoms with van der Waals surface area (Å²) in [5, 5.41) is 13.2. The number of alkyl halides is 3. The molecule has 0 spiro atoms. The molecule has 0 saturated carbocycles. The van der Waals surface area contributed by atoms with Gasteiger partial charge in [0.25, 0.3) is 0 Å². The molecule has 2 heterocycles. The standard InChI is InChI=1S/C21H28N4O5.C2HF3O2/c1-5-21(19(28)30-4)16-15(17(26)24(3)18(16)27)14(23-21)12-25(6-2)20(29)22-13-10-8-7-9-11-13;3-2(4,5)1(6)7/h7-11,14-16,23H,5-6,12H2,1-4H3,(H,22,29);(H,6,7)/t14-,15+,16-,21-;/m1./s1. The van der Waals surface area contributed by atoms with E-state index in [-0.39, 0.29) is 24.9 Å². The van der Waals surface area contributed by atoms with Crippen molar-refractivity contribution in [1.82, 2.24) is 15.1 Å². The highest BCUT2D eigenvalue weighted by atomic mass is 19.4. The number of carboxylic acid groups (broad SMARTS) is 1. The molecule has 11 nitrogen and oxygen atoms in total. The van der Waals surface area contributed by atoms with E-state index in [1.807, 2.05) is 25.1 Å². The van der Waals surface area contributed by atoms with Crippen molar-refractivity contribution in [2.45, 2.75) is 38.0 Å². The lowest BCUT2D eigenvalue weighted by Gasteiger charge is -2.32. The fourth-order valence-corrected chi connectivity index (χ4v) is 4.58. The number of rotatable bonds is 6. The highest BCUT2D eigenvalue weighted by Crippen LogP contribution is 2.44. The molecule has 0 aromatic heterocycles. The highest BCUT2D eigenvalue weighted by molar-refractivity contribution is 6.09. The zero-order chi connectivity index (χ0) is 28.1. The second kappa shape index (κ2) is 11.6. The molecule has 14 heteroatoms. The zero-order valence-electron chi connectivity index (χ0n) is 20.7. The van der Waals surface area contributed by atoms with Crippen molar-refractivity contribution in [3.63, 3.8) is 0 Å². The predicted octanol–water partition coefficient (Wildman–Crippen LogP) is 1.70. The Morgan fingerprint density at radius 3 is 2.19 bits per heavy atom. The molecule has 2 aliphatic heterocycles. The lowest BCUT2D eigenvalue weighted by atomic mass is 9.78. The van der Waals surface area contributed by atoms with E-state index in [9.17, 15) is 32.3 Å². The molecule has 0 unspecified atom stereocenters. The van der Waals surface area contributed by atoms with E-state index in [2.05, 4.69) is 10.6 Å². The van der Waals surface area contributed by atoms with E-state index in [1.54, 1.807) is 24.0 Å². The number of hydrogen-bond acceptors (Lipinski definition) is 7. The average Bonchev–Trinajstić information content (AvgIpc) is 3.31. The Hall–Kier alpha value is -3.68. The Morgan fingerprint density at radius 1 is 1.16 bits per heavy atom. The van der Waals surface area contributed by atoms with Crippen LogP contribution in [0.4, 0.5) is 23.7 Å². The Bertz CT molecular complexity index is 1040. The van der Waals surface area contributed by atoms with Gasteiger partial charge in [-0.05, 0) is 25.5 Å². The number of halogens is 3. The van der Waals surface area contributed by atoms with Gasteiger partial charge in [0.2, 0.25) is 11.8 Å². The van der Waals surface area contributed by atoms with Crippen molar-refractivity contribution in [2.75, 3.05) is 32.6 Å². The summed E-state index contributed by atoms with van der Waals surface area (Å²) < 4.78 is 36.7. The van der Waals surface area contributed by atoms with Crippen LogP contribution >= 0.6 is 0 Å². The molecule has 4 atom stereocenters. The monoisotopic (exact) mass is 530 g/mol. The van der Waals surface area contributed by atoms with Gasteiger partial charge in [-0.3, -0.25) is 24.6 Å². The molecule has 4 amide bonds. The van der Waals surface area contributed by atoms with Crippen LogP contribution in [0.2, 0.25) is 0 Å². The fourth-order valence-electron chi connectivity index (χ4n) is 4.58. The first-order chi connectivity index (χ1) is 17.2. The van der Waals surface area contributed by atoms with Gasteiger partial charge in [-0.1, -0.05) is 25.1 Å². The molecule has 2 fully saturated rings. The largest absolute Gasteiger partial charge is 0.490 e. The molecule has 3 N–H and O–H groups in total. The number of benzene rings is 1. The van der Waals surface area contributed by atoms with Crippen LogP contribution in [0, 0.1) is 11.8 Å². The number of esters is 1. The van der Waals surface area contributed by atoms with Crippen molar-refractivity contribution in [3.8, 4) is 0 Å².